The van der Waals surface area contributed by atoms with Crippen LogP contribution in [0.1, 0.15) is 20.8 Å². The van der Waals surface area contributed by atoms with Crippen LogP contribution in [0.2, 0.25) is 0 Å². The summed E-state index contributed by atoms with van der Waals surface area (Å²) in [6.45, 7) is 5.58. The smallest absolute Gasteiger partial charge is 0.362 e. The largest absolute Gasteiger partial charge is 0.477 e. The summed E-state index contributed by atoms with van der Waals surface area (Å²) in [5.74, 6) is -0.831. The molecule has 0 saturated heterocycles. The fraction of sp³-hybridized carbons (Fsp3) is 0.833. The van der Waals surface area contributed by atoms with Gasteiger partial charge < -0.3 is 10.8 Å². The summed E-state index contributed by atoms with van der Waals surface area (Å²) in [5.41, 5.74) is 3.28. The number of carboxylic acids is 1. The molecule has 0 aliphatic carbocycles. The van der Waals surface area contributed by atoms with Crippen LogP contribution in [0.15, 0.2) is 0 Å². The van der Waals surface area contributed by atoms with Gasteiger partial charge in [0.05, 0.1) is 0 Å². The SMILES string of the molecule is CC(C)(C)[C@H]([NH3+])C(=O)O. The molecule has 0 aliphatic heterocycles. The zero-order valence-corrected chi connectivity index (χ0v) is 6.14. The van der Waals surface area contributed by atoms with Gasteiger partial charge in [-0.15, -0.1) is 0 Å². The van der Waals surface area contributed by atoms with Crippen molar-refractivity contribution in [2.24, 2.45) is 5.41 Å². The van der Waals surface area contributed by atoms with Crippen LogP contribution in [0.5, 0.6) is 0 Å². The van der Waals surface area contributed by atoms with Crippen molar-refractivity contribution in [2.75, 3.05) is 0 Å². The third-order valence-electron chi connectivity index (χ3n) is 1.34. The van der Waals surface area contributed by atoms with Gasteiger partial charge in [-0.1, -0.05) is 20.8 Å². The van der Waals surface area contributed by atoms with Gasteiger partial charge in [0, 0.05) is 5.41 Å². The Morgan fingerprint density at radius 2 is 1.89 bits per heavy atom. The van der Waals surface area contributed by atoms with Crippen molar-refractivity contribution in [3.63, 3.8) is 0 Å². The molecule has 1 atom stereocenters. The standard InChI is InChI=1S/C6H13NO2/c1-6(2,3)4(7)5(8)9/h4H,7H2,1-3H3,(H,8,9)/p+1/t4-/m1/s1. The molecule has 54 valence electrons. The van der Waals surface area contributed by atoms with E-state index in [-0.39, 0.29) is 5.41 Å². The maximum Gasteiger partial charge on any atom is 0.362 e. The summed E-state index contributed by atoms with van der Waals surface area (Å²) in [6.07, 6.45) is 0. The molecule has 0 aliphatic rings. The minimum atomic E-state index is -0.831. The molecule has 0 bridgehead atoms. The fourth-order valence-electron chi connectivity index (χ4n) is 0.370. The Labute approximate surface area is 54.9 Å². The van der Waals surface area contributed by atoms with Crippen molar-refractivity contribution < 1.29 is 15.6 Å². The van der Waals surface area contributed by atoms with Crippen molar-refractivity contribution in [1.82, 2.24) is 0 Å². The maximum absolute atomic E-state index is 10.3. The van der Waals surface area contributed by atoms with E-state index in [1.54, 1.807) is 0 Å². The molecule has 0 aromatic carbocycles. The number of rotatable bonds is 1. The van der Waals surface area contributed by atoms with E-state index >= 15 is 0 Å². The lowest BCUT2D eigenvalue weighted by Crippen LogP contribution is -2.70. The van der Waals surface area contributed by atoms with Gasteiger partial charge >= 0.3 is 5.97 Å². The molecule has 0 aromatic heterocycles. The highest BCUT2D eigenvalue weighted by molar-refractivity contribution is 5.72. The maximum atomic E-state index is 10.3. The fourth-order valence-corrected chi connectivity index (χ4v) is 0.370. The van der Waals surface area contributed by atoms with E-state index in [0.29, 0.717) is 0 Å². The van der Waals surface area contributed by atoms with Gasteiger partial charge in [0.15, 0.2) is 6.04 Å². The number of hydrogen-bond donors (Lipinski definition) is 2. The van der Waals surface area contributed by atoms with Gasteiger partial charge in [0.2, 0.25) is 0 Å². The van der Waals surface area contributed by atoms with Crippen LogP contribution in [0.4, 0.5) is 0 Å². The van der Waals surface area contributed by atoms with Crippen molar-refractivity contribution in [3.8, 4) is 0 Å². The molecular weight excluding hydrogens is 118 g/mol. The number of carbonyl (C=O) groups is 1. The molecule has 3 heteroatoms. The third-order valence-corrected chi connectivity index (χ3v) is 1.34. The summed E-state index contributed by atoms with van der Waals surface area (Å²) in [7, 11) is 0. The Morgan fingerprint density at radius 1 is 1.56 bits per heavy atom. The van der Waals surface area contributed by atoms with Crippen LogP contribution in [0.3, 0.4) is 0 Å². The summed E-state index contributed by atoms with van der Waals surface area (Å²) in [5, 5.41) is 8.46. The van der Waals surface area contributed by atoms with Crippen molar-refractivity contribution in [2.45, 2.75) is 26.8 Å². The normalized spacial score (nSPS) is 15.1. The Morgan fingerprint density at radius 3 is 1.89 bits per heavy atom. The van der Waals surface area contributed by atoms with Crippen molar-refractivity contribution in [3.05, 3.63) is 0 Å². The van der Waals surface area contributed by atoms with Crippen LogP contribution in [0, 0.1) is 5.41 Å². The first-order chi connectivity index (χ1) is 3.85. The quantitative estimate of drug-likeness (QED) is 0.515. The van der Waals surface area contributed by atoms with Gasteiger partial charge in [0.1, 0.15) is 0 Å². The van der Waals surface area contributed by atoms with E-state index in [9.17, 15) is 4.79 Å². The van der Waals surface area contributed by atoms with Gasteiger partial charge in [-0.05, 0) is 0 Å². The zero-order valence-electron chi connectivity index (χ0n) is 6.14. The van der Waals surface area contributed by atoms with Crippen LogP contribution in [-0.4, -0.2) is 17.1 Å². The molecule has 9 heavy (non-hydrogen) atoms. The zero-order chi connectivity index (χ0) is 7.65. The third kappa shape index (κ3) is 2.46. The lowest BCUT2D eigenvalue weighted by atomic mass is 9.88. The number of hydrogen-bond acceptors (Lipinski definition) is 1. The Hall–Kier alpha value is -0.570. The molecule has 0 saturated carbocycles. The molecule has 0 radical (unpaired) electrons. The van der Waals surface area contributed by atoms with E-state index < -0.39 is 12.0 Å². The second-order valence-corrected chi connectivity index (χ2v) is 3.26. The molecule has 0 amide bonds. The lowest BCUT2D eigenvalue weighted by molar-refractivity contribution is -0.429. The summed E-state index contributed by atoms with van der Waals surface area (Å²) in [6, 6.07) is -0.516. The lowest BCUT2D eigenvalue weighted by Gasteiger charge is -2.18. The summed E-state index contributed by atoms with van der Waals surface area (Å²) < 4.78 is 0. The highest BCUT2D eigenvalue weighted by Crippen LogP contribution is 2.15. The predicted octanol–water partition coefficient (Wildman–Crippen LogP) is -0.272. The molecule has 0 aromatic rings. The number of carboxylic acid groups (broad SMARTS) is 1. The predicted molar refractivity (Wildman–Crippen MR) is 33.8 cm³/mol. The second-order valence-electron chi connectivity index (χ2n) is 3.26. The first-order valence-electron chi connectivity index (χ1n) is 2.91. The minimum absolute atomic E-state index is 0.230. The number of quaternary nitrogens is 1. The van der Waals surface area contributed by atoms with E-state index in [2.05, 4.69) is 5.73 Å². The molecule has 0 unspecified atom stereocenters. The molecule has 4 N–H and O–H groups in total. The Bertz CT molecular complexity index is 115. The Balaban J connectivity index is 4.04. The van der Waals surface area contributed by atoms with E-state index in [0.717, 1.165) is 0 Å². The average molecular weight is 132 g/mol. The Kier molecular flexibility index (Phi) is 2.20. The summed E-state index contributed by atoms with van der Waals surface area (Å²) in [4.78, 5) is 10.3. The summed E-state index contributed by atoms with van der Waals surface area (Å²) >= 11 is 0. The first kappa shape index (κ1) is 8.43. The molecule has 0 heterocycles. The highest BCUT2D eigenvalue weighted by Gasteiger charge is 2.30. The molecule has 0 fully saturated rings. The van der Waals surface area contributed by atoms with Gasteiger partial charge in [-0.2, -0.15) is 0 Å². The van der Waals surface area contributed by atoms with E-state index in [4.69, 9.17) is 5.11 Å². The number of aliphatic carboxylic acids is 1. The van der Waals surface area contributed by atoms with E-state index in [1.807, 2.05) is 20.8 Å². The topological polar surface area (TPSA) is 64.9 Å². The molecule has 0 rings (SSSR count). The average Bonchev–Trinajstić information content (AvgIpc) is 1.62. The van der Waals surface area contributed by atoms with Crippen LogP contribution < -0.4 is 5.73 Å². The molecule has 0 spiro atoms. The van der Waals surface area contributed by atoms with Crippen molar-refractivity contribution in [1.29, 1.82) is 0 Å². The van der Waals surface area contributed by atoms with Crippen LogP contribution >= 0.6 is 0 Å². The molecule has 3 nitrogen and oxygen atoms in total. The minimum Gasteiger partial charge on any atom is -0.477 e. The van der Waals surface area contributed by atoms with E-state index in [1.165, 1.54) is 0 Å². The van der Waals surface area contributed by atoms with Gasteiger partial charge in [-0.3, -0.25) is 0 Å². The second kappa shape index (κ2) is 2.35. The van der Waals surface area contributed by atoms with Crippen molar-refractivity contribution >= 4 is 5.97 Å². The first-order valence-corrected chi connectivity index (χ1v) is 2.91. The van der Waals surface area contributed by atoms with Gasteiger partial charge in [-0.25, -0.2) is 4.79 Å². The molecular formula is C6H14NO2+. The highest BCUT2D eigenvalue weighted by atomic mass is 16.4. The van der Waals surface area contributed by atoms with Gasteiger partial charge in [0.25, 0.3) is 0 Å². The van der Waals surface area contributed by atoms with Crippen LogP contribution in [0.25, 0.3) is 0 Å². The monoisotopic (exact) mass is 132 g/mol. The van der Waals surface area contributed by atoms with Crippen LogP contribution in [-0.2, 0) is 4.79 Å².